The number of para-hydroxylation sites is 2. The van der Waals surface area contributed by atoms with E-state index in [-0.39, 0.29) is 5.75 Å². The number of benzene rings is 2. The first kappa shape index (κ1) is 18.0. The van der Waals surface area contributed by atoms with Crippen molar-refractivity contribution in [2.75, 3.05) is 11.9 Å². The number of pyridine rings is 1. The van der Waals surface area contributed by atoms with E-state index in [0.717, 1.165) is 35.6 Å². The second-order valence-electron chi connectivity index (χ2n) is 7.09. The highest BCUT2D eigenvalue weighted by atomic mass is 16.3. The number of fused-ring (bicyclic) bond motifs is 1. The van der Waals surface area contributed by atoms with Crippen LogP contribution in [0.3, 0.4) is 0 Å². The molecule has 0 aliphatic heterocycles. The summed E-state index contributed by atoms with van der Waals surface area (Å²) in [5, 5.41) is 13.7. The third-order valence-electron chi connectivity index (χ3n) is 4.83. The first-order chi connectivity index (χ1) is 13.6. The van der Waals surface area contributed by atoms with Gasteiger partial charge in [0.1, 0.15) is 11.4 Å². The number of anilines is 1. The van der Waals surface area contributed by atoms with Crippen LogP contribution >= 0.6 is 0 Å². The van der Waals surface area contributed by atoms with E-state index < -0.39 is 0 Å². The number of rotatable bonds is 6. The molecule has 0 saturated heterocycles. The van der Waals surface area contributed by atoms with Gasteiger partial charge < -0.3 is 15.0 Å². The first-order valence-corrected chi connectivity index (χ1v) is 9.50. The monoisotopic (exact) mass is 372 g/mol. The molecule has 0 aliphatic carbocycles. The predicted octanol–water partition coefficient (Wildman–Crippen LogP) is 4.46. The van der Waals surface area contributed by atoms with Crippen LogP contribution in [0, 0.1) is 13.8 Å². The van der Waals surface area contributed by atoms with Gasteiger partial charge in [0.2, 0.25) is 5.95 Å². The SMILES string of the molecule is Cc1cccc(CCNc2nc3ccccc3n2Cc2nc(C)ccc2O)c1. The summed E-state index contributed by atoms with van der Waals surface area (Å²) in [5.41, 5.74) is 6.03. The van der Waals surface area contributed by atoms with Gasteiger partial charge >= 0.3 is 0 Å². The molecule has 5 heteroatoms. The molecule has 2 N–H and O–H groups in total. The van der Waals surface area contributed by atoms with E-state index in [9.17, 15) is 5.11 Å². The Morgan fingerprint density at radius 1 is 0.964 bits per heavy atom. The van der Waals surface area contributed by atoms with Crippen molar-refractivity contribution in [3.8, 4) is 5.75 Å². The van der Waals surface area contributed by atoms with Crippen LogP contribution in [0.1, 0.15) is 22.5 Å². The zero-order valence-corrected chi connectivity index (χ0v) is 16.2. The standard InChI is InChI=1S/C23H24N4O/c1-16-6-5-7-18(14-16)12-13-24-23-26-19-8-3-4-9-21(19)27(23)15-20-22(28)11-10-17(2)25-20/h3-11,14,28H,12-13,15H2,1-2H3,(H,24,26). The van der Waals surface area contributed by atoms with Gasteiger partial charge in [0.05, 0.1) is 17.6 Å². The van der Waals surface area contributed by atoms with Crippen molar-refractivity contribution < 1.29 is 5.11 Å². The highest BCUT2D eigenvalue weighted by molar-refractivity contribution is 5.78. The summed E-state index contributed by atoms with van der Waals surface area (Å²) in [5.74, 6) is 0.991. The van der Waals surface area contributed by atoms with Crippen molar-refractivity contribution in [3.05, 3.63) is 83.2 Å². The molecule has 0 fully saturated rings. The van der Waals surface area contributed by atoms with Gasteiger partial charge in [0.25, 0.3) is 0 Å². The number of nitrogens with one attached hydrogen (secondary N) is 1. The topological polar surface area (TPSA) is 63.0 Å². The molecule has 142 valence electrons. The largest absolute Gasteiger partial charge is 0.506 e. The molecule has 0 unspecified atom stereocenters. The molecule has 4 rings (SSSR count). The normalized spacial score (nSPS) is 11.1. The zero-order valence-electron chi connectivity index (χ0n) is 16.2. The third-order valence-corrected chi connectivity index (χ3v) is 4.83. The Labute approximate surface area is 164 Å². The van der Waals surface area contributed by atoms with Crippen molar-refractivity contribution in [1.82, 2.24) is 14.5 Å². The molecule has 0 aliphatic rings. The maximum atomic E-state index is 10.2. The van der Waals surface area contributed by atoms with Crippen molar-refractivity contribution in [1.29, 1.82) is 0 Å². The zero-order chi connectivity index (χ0) is 19.5. The van der Waals surface area contributed by atoms with Gasteiger partial charge in [0, 0.05) is 12.2 Å². The Morgan fingerprint density at radius 3 is 2.68 bits per heavy atom. The van der Waals surface area contributed by atoms with E-state index in [2.05, 4.69) is 46.1 Å². The van der Waals surface area contributed by atoms with Gasteiger partial charge in [-0.15, -0.1) is 0 Å². The summed E-state index contributed by atoms with van der Waals surface area (Å²) in [6.07, 6.45) is 0.916. The molecule has 5 nitrogen and oxygen atoms in total. The fraction of sp³-hybridized carbons (Fsp3) is 0.217. The van der Waals surface area contributed by atoms with Crippen LogP contribution in [0.5, 0.6) is 5.75 Å². The van der Waals surface area contributed by atoms with Crippen LogP contribution in [-0.4, -0.2) is 26.2 Å². The number of hydrogen-bond donors (Lipinski definition) is 2. The molecule has 2 heterocycles. The van der Waals surface area contributed by atoms with Crippen LogP contribution in [0.2, 0.25) is 0 Å². The fourth-order valence-electron chi connectivity index (χ4n) is 3.43. The molecule has 2 aromatic carbocycles. The smallest absolute Gasteiger partial charge is 0.204 e. The van der Waals surface area contributed by atoms with Crippen LogP contribution in [0.4, 0.5) is 5.95 Å². The molecule has 0 bridgehead atoms. The lowest BCUT2D eigenvalue weighted by Gasteiger charge is -2.12. The fourth-order valence-corrected chi connectivity index (χ4v) is 3.43. The molecule has 0 spiro atoms. The third kappa shape index (κ3) is 3.83. The summed E-state index contributed by atoms with van der Waals surface area (Å²) in [7, 11) is 0. The maximum Gasteiger partial charge on any atom is 0.204 e. The molecule has 0 atom stereocenters. The van der Waals surface area contributed by atoms with Crippen LogP contribution in [-0.2, 0) is 13.0 Å². The van der Waals surface area contributed by atoms with Crippen molar-refractivity contribution in [2.24, 2.45) is 0 Å². The minimum atomic E-state index is 0.203. The van der Waals surface area contributed by atoms with E-state index >= 15 is 0 Å². The molecule has 2 aromatic heterocycles. The minimum absolute atomic E-state index is 0.203. The van der Waals surface area contributed by atoms with Crippen molar-refractivity contribution in [2.45, 2.75) is 26.8 Å². The molecule has 0 radical (unpaired) electrons. The number of aromatic hydroxyl groups is 1. The Hall–Kier alpha value is -3.34. The van der Waals surface area contributed by atoms with Crippen LogP contribution in [0.15, 0.2) is 60.7 Å². The molecule has 4 aromatic rings. The molecular weight excluding hydrogens is 348 g/mol. The van der Waals surface area contributed by atoms with Gasteiger partial charge in [-0.2, -0.15) is 0 Å². The van der Waals surface area contributed by atoms with Gasteiger partial charge in [-0.25, -0.2) is 4.98 Å². The summed E-state index contributed by atoms with van der Waals surface area (Å²) < 4.78 is 2.08. The van der Waals surface area contributed by atoms with E-state index in [1.807, 2.05) is 37.3 Å². The van der Waals surface area contributed by atoms with E-state index in [1.54, 1.807) is 6.07 Å². The van der Waals surface area contributed by atoms with Gasteiger partial charge in [-0.3, -0.25) is 4.98 Å². The maximum absolute atomic E-state index is 10.2. The molecule has 0 saturated carbocycles. The number of aryl methyl sites for hydroxylation is 2. The van der Waals surface area contributed by atoms with Gasteiger partial charge in [-0.05, 0) is 50.1 Å². The lowest BCUT2D eigenvalue weighted by atomic mass is 10.1. The second-order valence-corrected chi connectivity index (χ2v) is 7.09. The summed E-state index contributed by atoms with van der Waals surface area (Å²) in [4.78, 5) is 9.26. The second kappa shape index (κ2) is 7.72. The van der Waals surface area contributed by atoms with Crippen molar-refractivity contribution >= 4 is 17.0 Å². The first-order valence-electron chi connectivity index (χ1n) is 9.50. The average molecular weight is 372 g/mol. The highest BCUT2D eigenvalue weighted by Crippen LogP contribution is 2.24. The van der Waals surface area contributed by atoms with Crippen LogP contribution in [0.25, 0.3) is 11.0 Å². The molecule has 28 heavy (non-hydrogen) atoms. The lowest BCUT2D eigenvalue weighted by molar-refractivity contribution is 0.461. The summed E-state index contributed by atoms with van der Waals surface area (Å²) in [6, 6.07) is 20.1. The Morgan fingerprint density at radius 2 is 1.82 bits per heavy atom. The average Bonchev–Trinajstić information content (AvgIpc) is 3.02. The quantitative estimate of drug-likeness (QED) is 0.525. The Bertz CT molecular complexity index is 1120. The molecular formula is C23H24N4O. The number of aromatic nitrogens is 3. The van der Waals surface area contributed by atoms with Crippen molar-refractivity contribution in [3.63, 3.8) is 0 Å². The number of nitrogens with zero attached hydrogens (tertiary/aromatic N) is 3. The van der Waals surface area contributed by atoms with Gasteiger partial charge in [0.15, 0.2) is 0 Å². The Balaban J connectivity index is 1.60. The predicted molar refractivity (Wildman–Crippen MR) is 113 cm³/mol. The van der Waals surface area contributed by atoms with E-state index in [0.29, 0.717) is 12.2 Å². The highest BCUT2D eigenvalue weighted by Gasteiger charge is 2.13. The van der Waals surface area contributed by atoms with E-state index in [1.165, 1.54) is 11.1 Å². The summed E-state index contributed by atoms with van der Waals surface area (Å²) >= 11 is 0. The Kier molecular flexibility index (Phi) is 4.98. The minimum Gasteiger partial charge on any atom is -0.506 e. The molecule has 0 amide bonds. The lowest BCUT2D eigenvalue weighted by Crippen LogP contribution is -2.12. The number of hydrogen-bond acceptors (Lipinski definition) is 4. The van der Waals surface area contributed by atoms with Crippen LogP contribution < -0.4 is 5.32 Å². The van der Waals surface area contributed by atoms with Gasteiger partial charge in [-0.1, -0.05) is 42.0 Å². The summed E-state index contributed by atoms with van der Waals surface area (Å²) in [6.45, 7) is 5.27. The number of imidazole rings is 1. The van der Waals surface area contributed by atoms with E-state index in [4.69, 9.17) is 4.98 Å².